The van der Waals surface area contributed by atoms with E-state index in [-0.39, 0.29) is 14.1 Å². The van der Waals surface area contributed by atoms with Gasteiger partial charge in [0.1, 0.15) is 40.1 Å². The Morgan fingerprint density at radius 1 is 0.615 bits per heavy atom. The fourth-order valence-corrected chi connectivity index (χ4v) is 4.76. The van der Waals surface area contributed by atoms with E-state index in [1.54, 1.807) is 19.2 Å². The summed E-state index contributed by atoms with van der Waals surface area (Å²) in [4.78, 5) is 13.8. The van der Waals surface area contributed by atoms with Crippen molar-refractivity contribution >= 4 is 19.4 Å². The van der Waals surface area contributed by atoms with Crippen LogP contribution in [0.4, 0.5) is 0 Å². The van der Waals surface area contributed by atoms with Crippen molar-refractivity contribution in [1.29, 1.82) is 0 Å². The maximum Gasteiger partial charge on any atom is 0.193 e. The van der Waals surface area contributed by atoms with E-state index in [0.717, 1.165) is 19.3 Å². The van der Waals surface area contributed by atoms with Gasteiger partial charge in [-0.25, -0.2) is 0 Å². The van der Waals surface area contributed by atoms with Gasteiger partial charge in [0.05, 0.1) is 46.5 Å². The van der Waals surface area contributed by atoms with Crippen LogP contribution in [0.25, 0.3) is 0 Å². The highest BCUT2D eigenvalue weighted by Crippen LogP contribution is 2.41. The minimum absolute atomic E-state index is 0.151. The third-order valence-electron chi connectivity index (χ3n) is 6.09. The number of hydrogen-bond donors (Lipinski definition) is 0. The highest BCUT2D eigenvalue weighted by atomic mass is 31.1. The van der Waals surface area contributed by atoms with Crippen LogP contribution in [0.3, 0.4) is 0 Å². The number of hydrogen-bond acceptors (Lipinski definition) is 7. The molecule has 0 bridgehead atoms. The lowest BCUT2D eigenvalue weighted by atomic mass is 10.1. The molecule has 2 rings (SSSR count). The van der Waals surface area contributed by atoms with Gasteiger partial charge < -0.3 is 28.4 Å². The van der Waals surface area contributed by atoms with Crippen LogP contribution in [-0.4, -0.2) is 46.7 Å². The molecule has 0 aliphatic carbocycles. The van der Waals surface area contributed by atoms with E-state index in [4.69, 9.17) is 28.4 Å². The molecule has 218 valence electrons. The minimum Gasteiger partial charge on any atom is -0.496 e. The number of ether oxygens (including phenoxy) is 6. The first-order valence-electron chi connectivity index (χ1n) is 13.8. The van der Waals surface area contributed by atoms with Crippen molar-refractivity contribution in [2.45, 2.75) is 60.8 Å². The number of carbonyl (C=O) groups excluding carboxylic acids is 1. The first kappa shape index (κ1) is 32.6. The molecule has 0 aliphatic heterocycles. The van der Waals surface area contributed by atoms with E-state index in [1.807, 2.05) is 12.1 Å². The zero-order valence-corrected chi connectivity index (χ0v) is 26.1. The van der Waals surface area contributed by atoms with Crippen molar-refractivity contribution in [3.8, 4) is 34.5 Å². The van der Waals surface area contributed by atoms with Crippen molar-refractivity contribution < 1.29 is 33.2 Å². The van der Waals surface area contributed by atoms with Crippen LogP contribution < -0.4 is 33.7 Å². The molecule has 1 unspecified atom stereocenters. The summed E-state index contributed by atoms with van der Waals surface area (Å²) in [5, 5.41) is 0.712. The molecule has 2 aromatic rings. The molecule has 1 atom stereocenters. The Labute approximate surface area is 236 Å². The quantitative estimate of drug-likeness (QED) is 0.179. The van der Waals surface area contributed by atoms with Gasteiger partial charge in [-0.05, 0) is 45.6 Å². The maximum absolute atomic E-state index is 13.8. The maximum atomic E-state index is 13.8. The monoisotopic (exact) mass is 562 g/mol. The van der Waals surface area contributed by atoms with Crippen molar-refractivity contribution in [2.24, 2.45) is 17.8 Å². The number of methoxy groups -OCH3 is 3. The van der Waals surface area contributed by atoms with E-state index in [0.29, 0.717) is 82.9 Å². The van der Waals surface area contributed by atoms with Crippen molar-refractivity contribution in [1.82, 2.24) is 0 Å². The molecular weight excluding hydrogens is 515 g/mol. The second-order valence-corrected chi connectivity index (χ2v) is 12.0. The van der Waals surface area contributed by atoms with E-state index in [9.17, 15) is 4.79 Å². The predicted octanol–water partition coefficient (Wildman–Crippen LogP) is 7.13. The second-order valence-electron chi connectivity index (χ2n) is 10.7. The van der Waals surface area contributed by atoms with Gasteiger partial charge in [-0.1, -0.05) is 41.5 Å². The fourth-order valence-electron chi connectivity index (χ4n) is 3.63. The molecule has 0 radical (unpaired) electrons. The van der Waals surface area contributed by atoms with Crippen LogP contribution in [0, 0.1) is 17.8 Å². The number of carbonyl (C=O) groups is 1. The van der Waals surface area contributed by atoms with Crippen LogP contribution in [-0.2, 0) is 0 Å². The second kappa shape index (κ2) is 16.4. The van der Waals surface area contributed by atoms with Gasteiger partial charge in [0.15, 0.2) is 5.52 Å². The predicted molar refractivity (Wildman–Crippen MR) is 160 cm³/mol. The standard InChI is InChI=1S/C31H47O7P/c1-20(2)10-13-36-24-18-27(37-14-11-21(3)4)30(28(19-24)38-15-12-22(5)6)39-31(32)29-25(34-8)16-23(33-7)17-26(29)35-9/h16-22,39H,10-15H2,1-9H3. The van der Waals surface area contributed by atoms with Crippen LogP contribution in [0.15, 0.2) is 24.3 Å². The fraction of sp³-hybridized carbons (Fsp3) is 0.581. The summed E-state index contributed by atoms with van der Waals surface area (Å²) < 4.78 is 35.1. The summed E-state index contributed by atoms with van der Waals surface area (Å²) >= 11 is 0. The summed E-state index contributed by atoms with van der Waals surface area (Å²) in [7, 11) is 4.32. The van der Waals surface area contributed by atoms with Gasteiger partial charge >= 0.3 is 0 Å². The molecule has 0 spiro atoms. The van der Waals surface area contributed by atoms with Crippen LogP contribution in [0.1, 0.15) is 71.2 Å². The van der Waals surface area contributed by atoms with Crippen LogP contribution >= 0.6 is 8.58 Å². The summed E-state index contributed by atoms with van der Waals surface area (Å²) in [5.74, 6) is 4.71. The van der Waals surface area contributed by atoms with Gasteiger partial charge in [-0.2, -0.15) is 0 Å². The summed E-state index contributed by atoms with van der Waals surface area (Å²) in [5.41, 5.74) is 0.208. The molecule has 0 amide bonds. The van der Waals surface area contributed by atoms with Gasteiger partial charge in [0.2, 0.25) is 0 Å². The lowest BCUT2D eigenvalue weighted by molar-refractivity contribution is 0.108. The molecule has 7 nitrogen and oxygen atoms in total. The summed E-state index contributed by atoms with van der Waals surface area (Å²) in [6.07, 6.45) is 2.71. The van der Waals surface area contributed by atoms with Gasteiger partial charge in [0.25, 0.3) is 0 Å². The molecule has 0 heterocycles. The molecule has 39 heavy (non-hydrogen) atoms. The Kier molecular flexibility index (Phi) is 13.7. The van der Waals surface area contributed by atoms with Gasteiger partial charge in [-0.15, -0.1) is 0 Å². The van der Waals surface area contributed by atoms with Crippen molar-refractivity contribution in [2.75, 3.05) is 41.2 Å². The lowest BCUT2D eigenvalue weighted by Crippen LogP contribution is -2.15. The molecule has 0 saturated heterocycles. The highest BCUT2D eigenvalue weighted by Gasteiger charge is 2.25. The molecular formula is C31H47O7P. The molecule has 0 N–H and O–H groups in total. The number of benzene rings is 2. The Hall–Kier alpha value is -2.66. The zero-order valence-electron chi connectivity index (χ0n) is 25.1. The minimum atomic E-state index is -0.289. The highest BCUT2D eigenvalue weighted by molar-refractivity contribution is 7.66. The van der Waals surface area contributed by atoms with Gasteiger partial charge in [-0.3, -0.25) is 4.79 Å². The molecule has 0 aliphatic rings. The lowest BCUT2D eigenvalue weighted by Gasteiger charge is -2.20. The van der Waals surface area contributed by atoms with E-state index < -0.39 is 0 Å². The average molecular weight is 563 g/mol. The summed E-state index contributed by atoms with van der Waals surface area (Å²) in [6, 6.07) is 7.14. The Morgan fingerprint density at radius 3 is 1.41 bits per heavy atom. The zero-order chi connectivity index (χ0) is 28.9. The summed E-state index contributed by atoms with van der Waals surface area (Å²) in [6.45, 7) is 14.6. The van der Waals surface area contributed by atoms with Crippen LogP contribution in [0.2, 0.25) is 0 Å². The topological polar surface area (TPSA) is 72.5 Å². The first-order chi connectivity index (χ1) is 18.6. The smallest absolute Gasteiger partial charge is 0.193 e. The molecule has 0 fully saturated rings. The van der Waals surface area contributed by atoms with E-state index in [1.165, 1.54) is 14.2 Å². The Morgan fingerprint density at radius 2 is 1.03 bits per heavy atom. The third kappa shape index (κ3) is 10.4. The largest absolute Gasteiger partial charge is 0.496 e. The SMILES string of the molecule is COc1cc(OC)c(C(=O)Pc2c(OCCC(C)C)cc(OCCC(C)C)cc2OCCC(C)C)c(OC)c1. The van der Waals surface area contributed by atoms with Gasteiger partial charge in [0, 0.05) is 24.3 Å². The number of rotatable bonds is 18. The first-order valence-corrected chi connectivity index (χ1v) is 14.8. The third-order valence-corrected chi connectivity index (χ3v) is 7.31. The van der Waals surface area contributed by atoms with E-state index >= 15 is 0 Å². The van der Waals surface area contributed by atoms with Crippen molar-refractivity contribution in [3.05, 3.63) is 29.8 Å². The molecule has 0 aromatic heterocycles. The molecule has 2 aromatic carbocycles. The van der Waals surface area contributed by atoms with Crippen LogP contribution in [0.5, 0.6) is 34.5 Å². The Balaban J connectivity index is 2.54. The Bertz CT molecular complexity index is 989. The normalized spacial score (nSPS) is 11.5. The average Bonchev–Trinajstić information content (AvgIpc) is 2.88. The molecule has 0 saturated carbocycles. The van der Waals surface area contributed by atoms with Crippen molar-refractivity contribution in [3.63, 3.8) is 0 Å². The van der Waals surface area contributed by atoms with E-state index in [2.05, 4.69) is 41.5 Å². The molecule has 8 heteroatoms.